The Morgan fingerprint density at radius 3 is 1.79 bits per heavy atom. The van der Waals surface area contributed by atoms with Crippen molar-refractivity contribution in [1.29, 1.82) is 0 Å². The van der Waals surface area contributed by atoms with Gasteiger partial charge in [0.25, 0.3) is 0 Å². The predicted octanol–water partition coefficient (Wildman–Crippen LogP) is 7.05. The first-order chi connectivity index (χ1) is 15.9. The van der Waals surface area contributed by atoms with Crippen molar-refractivity contribution >= 4 is 37.2 Å². The molecule has 0 saturated carbocycles. The van der Waals surface area contributed by atoms with Crippen LogP contribution in [0.3, 0.4) is 0 Å². The van der Waals surface area contributed by atoms with Gasteiger partial charge in [0, 0.05) is 9.79 Å². The summed E-state index contributed by atoms with van der Waals surface area (Å²) in [4.78, 5) is 14.5. The molecule has 0 aliphatic carbocycles. The van der Waals surface area contributed by atoms with Gasteiger partial charge in [-0.15, -0.1) is 23.5 Å². The fourth-order valence-corrected chi connectivity index (χ4v) is 5.02. The Hall–Kier alpha value is -2.54. The highest BCUT2D eigenvalue weighted by Gasteiger charge is 2.38. The molecule has 0 radical (unpaired) electrons. The van der Waals surface area contributed by atoms with Crippen molar-refractivity contribution in [2.24, 2.45) is 0 Å². The molecule has 1 N–H and O–H groups in total. The molecule has 0 bridgehead atoms. The number of ether oxygens (including phenoxy) is 1. The summed E-state index contributed by atoms with van der Waals surface area (Å²) in [6.45, 7) is 1.66. The number of alkyl carbamates (subject to hydrolysis) is 1. The fourth-order valence-electron chi connectivity index (χ4n) is 2.76. The highest BCUT2D eigenvalue weighted by molar-refractivity contribution is 7.98. The number of hydrogen-bond donors (Lipinski definition) is 1. The van der Waals surface area contributed by atoms with Crippen LogP contribution in [0, 0.1) is 0 Å². The Bertz CT molecular complexity index is 1020. The molecule has 3 aromatic rings. The van der Waals surface area contributed by atoms with Crippen LogP contribution in [0.2, 0.25) is 0 Å². The van der Waals surface area contributed by atoms with Gasteiger partial charge >= 0.3 is 13.7 Å². The fraction of sp³-hybridized carbons (Fsp3) is 0.208. The molecular weight excluding hydrogens is 477 g/mol. The third kappa shape index (κ3) is 7.49. The van der Waals surface area contributed by atoms with Gasteiger partial charge in [0.1, 0.15) is 18.1 Å². The first-order valence-corrected chi connectivity index (χ1v) is 14.2. The van der Waals surface area contributed by atoms with Gasteiger partial charge in [0.05, 0.1) is 0 Å². The Morgan fingerprint density at radius 1 is 0.848 bits per heavy atom. The second-order valence-electron chi connectivity index (χ2n) is 6.96. The van der Waals surface area contributed by atoms with Crippen LogP contribution < -0.4 is 14.4 Å². The molecule has 0 fully saturated rings. The first-order valence-electron chi connectivity index (χ1n) is 10.2. The van der Waals surface area contributed by atoms with Crippen molar-refractivity contribution < 1.29 is 23.1 Å². The van der Waals surface area contributed by atoms with Gasteiger partial charge in [-0.25, -0.2) is 9.36 Å². The second-order valence-corrected chi connectivity index (χ2v) is 10.9. The lowest BCUT2D eigenvalue weighted by molar-refractivity contribution is 0.138. The zero-order chi connectivity index (χ0) is 23.7. The molecule has 9 heteroatoms. The summed E-state index contributed by atoms with van der Waals surface area (Å²) in [7, 11) is -3.88. The first kappa shape index (κ1) is 25.1. The Labute approximate surface area is 202 Å². The molecule has 0 spiro atoms. The molecule has 1 unspecified atom stereocenters. The number of amides is 1. The summed E-state index contributed by atoms with van der Waals surface area (Å²) in [6.07, 6.45) is 3.22. The smallest absolute Gasteiger partial charge is 0.445 e. The standard InChI is InChI=1S/C24H26NO5PS2/c1-18(25-24(26)28-17-19-7-5-4-6-8-19)31(27,29-20-9-13-22(32-2)14-10-20)30-21-11-15-23(33-3)16-12-21/h4-16,18H,17H2,1-3H3,(H,25,26). The molecule has 0 heterocycles. The van der Waals surface area contributed by atoms with E-state index in [1.54, 1.807) is 54.7 Å². The minimum atomic E-state index is -3.88. The average molecular weight is 504 g/mol. The van der Waals surface area contributed by atoms with E-state index in [-0.39, 0.29) is 6.61 Å². The molecule has 3 rings (SSSR count). The number of nitrogens with one attached hydrogen (secondary N) is 1. The van der Waals surface area contributed by atoms with Gasteiger partial charge in [0.2, 0.25) is 0 Å². The van der Waals surface area contributed by atoms with Crippen LogP contribution in [0.4, 0.5) is 4.79 Å². The van der Waals surface area contributed by atoms with Crippen LogP contribution in [-0.4, -0.2) is 24.4 Å². The topological polar surface area (TPSA) is 73.9 Å². The van der Waals surface area contributed by atoms with Crippen LogP contribution in [0.15, 0.2) is 88.7 Å². The summed E-state index contributed by atoms with van der Waals surface area (Å²) < 4.78 is 30.8. The molecule has 0 aliphatic heterocycles. The van der Waals surface area contributed by atoms with Crippen LogP contribution in [-0.2, 0) is 15.9 Å². The van der Waals surface area contributed by atoms with E-state index in [2.05, 4.69) is 5.32 Å². The third-order valence-corrected chi connectivity index (χ3v) is 8.09. The summed E-state index contributed by atoms with van der Waals surface area (Å²) in [5, 5.41) is 2.59. The normalized spacial score (nSPS) is 12.0. The number of hydrogen-bond acceptors (Lipinski definition) is 7. The van der Waals surface area contributed by atoms with E-state index in [0.717, 1.165) is 15.4 Å². The van der Waals surface area contributed by atoms with Crippen molar-refractivity contribution in [2.45, 2.75) is 29.1 Å². The second kappa shape index (κ2) is 12.1. The summed E-state index contributed by atoms with van der Waals surface area (Å²) >= 11 is 3.18. The van der Waals surface area contributed by atoms with Gasteiger partial charge in [-0.05, 0) is 73.5 Å². The molecule has 1 amide bonds. The SMILES string of the molecule is CSc1ccc(OP(=O)(Oc2ccc(SC)cc2)C(C)NC(=O)OCc2ccccc2)cc1. The Morgan fingerprint density at radius 2 is 1.33 bits per heavy atom. The van der Waals surface area contributed by atoms with Crippen LogP contribution >= 0.6 is 31.1 Å². The predicted molar refractivity (Wildman–Crippen MR) is 135 cm³/mol. The maximum absolute atomic E-state index is 13.8. The maximum atomic E-state index is 13.8. The van der Waals surface area contributed by atoms with E-state index in [4.69, 9.17) is 13.8 Å². The number of thioether (sulfide) groups is 2. The van der Waals surface area contributed by atoms with Crippen molar-refractivity contribution in [3.63, 3.8) is 0 Å². The minimum absolute atomic E-state index is 0.0949. The molecule has 0 aliphatic rings. The van der Waals surface area contributed by atoms with Crippen molar-refractivity contribution in [3.8, 4) is 11.5 Å². The van der Waals surface area contributed by atoms with Gasteiger partial charge in [-0.2, -0.15) is 0 Å². The Kier molecular flexibility index (Phi) is 9.18. The van der Waals surface area contributed by atoms with Gasteiger partial charge in [-0.1, -0.05) is 30.3 Å². The van der Waals surface area contributed by atoms with Gasteiger partial charge in [0.15, 0.2) is 5.78 Å². The largest absolute Gasteiger partial charge is 0.452 e. The summed E-state index contributed by atoms with van der Waals surface area (Å²) in [6, 6.07) is 23.7. The van der Waals surface area contributed by atoms with Crippen LogP contribution in [0.25, 0.3) is 0 Å². The highest BCUT2D eigenvalue weighted by Crippen LogP contribution is 2.52. The lowest BCUT2D eigenvalue weighted by atomic mass is 10.2. The third-order valence-electron chi connectivity index (χ3n) is 4.60. The van der Waals surface area contributed by atoms with E-state index >= 15 is 0 Å². The minimum Gasteiger partial charge on any atom is -0.445 e. The molecule has 174 valence electrons. The molecule has 0 saturated heterocycles. The van der Waals surface area contributed by atoms with E-state index in [0.29, 0.717) is 11.5 Å². The molecular formula is C24H26NO5PS2. The Balaban J connectivity index is 1.74. The molecule has 33 heavy (non-hydrogen) atoms. The molecule has 0 aromatic heterocycles. The van der Waals surface area contributed by atoms with Crippen molar-refractivity contribution in [1.82, 2.24) is 5.32 Å². The summed E-state index contributed by atoms with van der Waals surface area (Å²) in [5.74, 6) is -0.215. The lowest BCUT2D eigenvalue weighted by Crippen LogP contribution is -2.35. The van der Waals surface area contributed by atoms with Crippen LogP contribution in [0.1, 0.15) is 12.5 Å². The van der Waals surface area contributed by atoms with Gasteiger partial charge < -0.3 is 19.1 Å². The quantitative estimate of drug-likeness (QED) is 0.235. The molecule has 6 nitrogen and oxygen atoms in total. The monoisotopic (exact) mass is 503 g/mol. The number of rotatable bonds is 10. The maximum Gasteiger partial charge on any atom is 0.452 e. The lowest BCUT2D eigenvalue weighted by Gasteiger charge is -2.25. The van der Waals surface area contributed by atoms with Gasteiger partial charge in [-0.3, -0.25) is 0 Å². The van der Waals surface area contributed by atoms with E-state index in [9.17, 15) is 9.36 Å². The zero-order valence-electron chi connectivity index (χ0n) is 18.6. The number of carbonyl (C=O) groups is 1. The summed E-state index contributed by atoms with van der Waals surface area (Å²) in [5.41, 5.74) is 0.846. The van der Waals surface area contributed by atoms with E-state index < -0.39 is 19.5 Å². The van der Waals surface area contributed by atoms with E-state index in [1.807, 2.05) is 67.1 Å². The zero-order valence-corrected chi connectivity index (χ0v) is 21.1. The number of carbonyl (C=O) groups excluding carboxylic acids is 1. The molecule has 1 atom stereocenters. The van der Waals surface area contributed by atoms with Crippen molar-refractivity contribution in [3.05, 3.63) is 84.4 Å². The van der Waals surface area contributed by atoms with Crippen LogP contribution in [0.5, 0.6) is 11.5 Å². The molecule has 3 aromatic carbocycles. The van der Waals surface area contributed by atoms with Crippen molar-refractivity contribution in [2.75, 3.05) is 12.5 Å². The van der Waals surface area contributed by atoms with E-state index in [1.165, 1.54) is 0 Å². The number of benzene rings is 3. The highest BCUT2D eigenvalue weighted by atomic mass is 32.2. The average Bonchev–Trinajstić information content (AvgIpc) is 2.84.